The van der Waals surface area contributed by atoms with Crippen LogP contribution in [0.4, 0.5) is 0 Å². The van der Waals surface area contributed by atoms with Crippen LogP contribution in [0.1, 0.15) is 32.7 Å². The lowest BCUT2D eigenvalue weighted by Crippen LogP contribution is -2.40. The maximum absolute atomic E-state index is 13.1. The van der Waals surface area contributed by atoms with Crippen molar-refractivity contribution in [2.45, 2.75) is 25.8 Å². The molecule has 0 atom stereocenters. The maximum Gasteiger partial charge on any atom is 0.261 e. The summed E-state index contributed by atoms with van der Waals surface area (Å²) in [7, 11) is 1.70. The highest BCUT2D eigenvalue weighted by Gasteiger charge is 2.28. The Morgan fingerprint density at radius 1 is 1.29 bits per heavy atom. The molecule has 7 nitrogen and oxygen atoms in total. The predicted molar refractivity (Wildman–Crippen MR) is 119 cm³/mol. The van der Waals surface area contributed by atoms with E-state index in [1.54, 1.807) is 40.6 Å². The van der Waals surface area contributed by atoms with Crippen molar-refractivity contribution >= 4 is 23.2 Å². The molecule has 2 amide bonds. The molecule has 0 aromatic carbocycles. The number of thiophene rings is 1. The standard InChI is InChI=1S/C23H24N4O3S/c1-26(9-5-18-4-2-3-8-24-18)23(30)21-19-6-10-27(14-17(19)13-25-22(21)29)20(28)12-16-7-11-31-15-16/h2-4,7-8,11,13,15H,5-6,9-10,12,14H2,1H3,(H,25,29). The Labute approximate surface area is 184 Å². The van der Waals surface area contributed by atoms with Crippen LogP contribution in [0.15, 0.2) is 52.2 Å². The van der Waals surface area contributed by atoms with Crippen LogP contribution in [0.5, 0.6) is 0 Å². The molecule has 3 aromatic rings. The Hall–Kier alpha value is -3.26. The van der Waals surface area contributed by atoms with Crippen LogP contribution >= 0.6 is 11.3 Å². The average Bonchev–Trinajstić information content (AvgIpc) is 3.30. The van der Waals surface area contributed by atoms with E-state index in [4.69, 9.17) is 0 Å². The summed E-state index contributed by atoms with van der Waals surface area (Å²) in [5.74, 6) is -0.248. The van der Waals surface area contributed by atoms with Crippen LogP contribution in [0.3, 0.4) is 0 Å². The third kappa shape index (κ3) is 4.74. The summed E-state index contributed by atoms with van der Waals surface area (Å²) in [6.45, 7) is 1.36. The third-order valence-electron chi connectivity index (χ3n) is 5.57. The zero-order valence-corrected chi connectivity index (χ0v) is 18.2. The second kappa shape index (κ2) is 9.26. The van der Waals surface area contributed by atoms with Crippen LogP contribution < -0.4 is 5.56 Å². The van der Waals surface area contributed by atoms with E-state index in [1.165, 1.54) is 0 Å². The smallest absolute Gasteiger partial charge is 0.261 e. The van der Waals surface area contributed by atoms with Crippen molar-refractivity contribution in [2.24, 2.45) is 0 Å². The van der Waals surface area contributed by atoms with E-state index in [2.05, 4.69) is 9.97 Å². The second-order valence-corrected chi connectivity index (χ2v) is 8.45. The molecule has 0 bridgehead atoms. The molecule has 3 aromatic heterocycles. The highest BCUT2D eigenvalue weighted by molar-refractivity contribution is 7.08. The minimum atomic E-state index is -0.383. The van der Waals surface area contributed by atoms with Gasteiger partial charge in [-0.05, 0) is 52.1 Å². The number of pyridine rings is 2. The van der Waals surface area contributed by atoms with E-state index in [1.807, 2.05) is 35.0 Å². The molecule has 0 saturated carbocycles. The number of carbonyl (C=O) groups is 2. The summed E-state index contributed by atoms with van der Waals surface area (Å²) in [6.07, 6.45) is 4.82. The average molecular weight is 437 g/mol. The van der Waals surface area contributed by atoms with Gasteiger partial charge in [0, 0.05) is 51.2 Å². The molecule has 4 heterocycles. The summed E-state index contributed by atoms with van der Waals surface area (Å²) in [6, 6.07) is 7.63. The highest BCUT2D eigenvalue weighted by atomic mass is 32.1. The largest absolute Gasteiger partial charge is 0.341 e. The van der Waals surface area contributed by atoms with Crippen molar-refractivity contribution in [3.8, 4) is 0 Å². The number of likely N-dealkylation sites (N-methyl/N-ethyl adjacent to an activating group) is 1. The number of nitrogens with zero attached hydrogens (tertiary/aromatic N) is 3. The van der Waals surface area contributed by atoms with Gasteiger partial charge in [-0.3, -0.25) is 19.4 Å². The van der Waals surface area contributed by atoms with Crippen molar-refractivity contribution in [1.82, 2.24) is 19.8 Å². The van der Waals surface area contributed by atoms with Crippen molar-refractivity contribution < 1.29 is 9.59 Å². The minimum absolute atomic E-state index is 0.0515. The number of hydrogen-bond donors (Lipinski definition) is 1. The fourth-order valence-electron chi connectivity index (χ4n) is 3.81. The van der Waals surface area contributed by atoms with Crippen molar-refractivity contribution in [3.05, 3.63) is 85.7 Å². The predicted octanol–water partition coefficient (Wildman–Crippen LogP) is 2.27. The number of rotatable bonds is 6. The van der Waals surface area contributed by atoms with E-state index < -0.39 is 0 Å². The maximum atomic E-state index is 13.1. The summed E-state index contributed by atoms with van der Waals surface area (Å²) in [5, 5.41) is 3.94. The number of aromatic amines is 1. The van der Waals surface area contributed by atoms with Crippen LogP contribution in [0, 0.1) is 0 Å². The van der Waals surface area contributed by atoms with Gasteiger partial charge in [-0.1, -0.05) is 6.07 Å². The highest BCUT2D eigenvalue weighted by Crippen LogP contribution is 2.22. The Morgan fingerprint density at radius 3 is 2.90 bits per heavy atom. The van der Waals surface area contributed by atoms with E-state index in [0.717, 1.165) is 22.4 Å². The molecule has 1 aliphatic rings. The van der Waals surface area contributed by atoms with Crippen molar-refractivity contribution in [3.63, 3.8) is 0 Å². The molecule has 160 valence electrons. The van der Waals surface area contributed by atoms with E-state index in [0.29, 0.717) is 38.9 Å². The Kier molecular flexibility index (Phi) is 6.27. The molecule has 31 heavy (non-hydrogen) atoms. The van der Waals surface area contributed by atoms with Crippen molar-refractivity contribution in [2.75, 3.05) is 20.1 Å². The second-order valence-electron chi connectivity index (χ2n) is 7.67. The van der Waals surface area contributed by atoms with Crippen LogP contribution in [-0.4, -0.2) is 51.7 Å². The third-order valence-corrected chi connectivity index (χ3v) is 6.30. The van der Waals surface area contributed by atoms with Gasteiger partial charge in [0.1, 0.15) is 5.56 Å². The Bertz CT molecular complexity index is 1130. The topological polar surface area (TPSA) is 86.4 Å². The first-order valence-electron chi connectivity index (χ1n) is 10.2. The zero-order valence-electron chi connectivity index (χ0n) is 17.3. The minimum Gasteiger partial charge on any atom is -0.341 e. The molecular weight excluding hydrogens is 412 g/mol. The molecule has 0 aliphatic carbocycles. The molecular formula is C23H24N4O3S. The van der Waals surface area contributed by atoms with Crippen LogP contribution in [0.25, 0.3) is 0 Å². The SMILES string of the molecule is CN(CCc1ccccn1)C(=O)c1c2c(c[nH]c1=O)CN(C(=O)Cc1ccsc1)CC2. The summed E-state index contributed by atoms with van der Waals surface area (Å²) in [4.78, 5) is 48.6. The van der Waals surface area contributed by atoms with Gasteiger partial charge in [0.15, 0.2) is 0 Å². The van der Waals surface area contributed by atoms with Gasteiger partial charge in [-0.25, -0.2) is 0 Å². The van der Waals surface area contributed by atoms with Gasteiger partial charge < -0.3 is 14.8 Å². The normalized spacial score (nSPS) is 13.0. The quantitative estimate of drug-likeness (QED) is 0.642. The van der Waals surface area contributed by atoms with Gasteiger partial charge >= 0.3 is 0 Å². The van der Waals surface area contributed by atoms with E-state index in [-0.39, 0.29) is 22.9 Å². The van der Waals surface area contributed by atoms with Gasteiger partial charge in [0.25, 0.3) is 11.5 Å². The summed E-state index contributed by atoms with van der Waals surface area (Å²) < 4.78 is 0. The fraction of sp³-hybridized carbons (Fsp3) is 0.304. The molecule has 1 aliphatic heterocycles. The fourth-order valence-corrected chi connectivity index (χ4v) is 4.48. The van der Waals surface area contributed by atoms with Gasteiger partial charge in [0.05, 0.1) is 6.42 Å². The lowest BCUT2D eigenvalue weighted by atomic mass is 9.95. The van der Waals surface area contributed by atoms with Gasteiger partial charge in [-0.2, -0.15) is 11.3 Å². The lowest BCUT2D eigenvalue weighted by molar-refractivity contribution is -0.131. The number of amides is 2. The molecule has 4 rings (SSSR count). The first-order chi connectivity index (χ1) is 15.0. The Balaban J connectivity index is 1.48. The monoisotopic (exact) mass is 436 g/mol. The molecule has 0 unspecified atom stereocenters. The Morgan fingerprint density at radius 2 is 2.16 bits per heavy atom. The number of carbonyl (C=O) groups excluding carboxylic acids is 2. The van der Waals surface area contributed by atoms with E-state index in [9.17, 15) is 14.4 Å². The molecule has 0 saturated heterocycles. The first kappa shape index (κ1) is 21.0. The van der Waals surface area contributed by atoms with Gasteiger partial charge in [0.2, 0.25) is 5.91 Å². The van der Waals surface area contributed by atoms with Crippen molar-refractivity contribution in [1.29, 1.82) is 0 Å². The lowest BCUT2D eigenvalue weighted by Gasteiger charge is -2.30. The number of hydrogen-bond acceptors (Lipinski definition) is 5. The molecule has 8 heteroatoms. The number of aromatic nitrogens is 2. The molecule has 0 spiro atoms. The number of nitrogens with one attached hydrogen (secondary N) is 1. The summed E-state index contributed by atoms with van der Waals surface area (Å²) in [5.41, 5.74) is 3.28. The van der Waals surface area contributed by atoms with Gasteiger partial charge in [-0.15, -0.1) is 0 Å². The number of fused-ring (bicyclic) bond motifs is 1. The molecule has 0 fully saturated rings. The van der Waals surface area contributed by atoms with Crippen LogP contribution in [0.2, 0.25) is 0 Å². The van der Waals surface area contributed by atoms with Crippen LogP contribution in [-0.2, 0) is 30.6 Å². The van der Waals surface area contributed by atoms with E-state index >= 15 is 0 Å². The summed E-state index contributed by atoms with van der Waals surface area (Å²) >= 11 is 1.57. The first-order valence-corrected chi connectivity index (χ1v) is 11.1. The zero-order chi connectivity index (χ0) is 21.8. The molecule has 1 N–H and O–H groups in total. The number of H-pyrrole nitrogens is 1. The molecule has 0 radical (unpaired) electrons.